The maximum Gasteiger partial charge on any atom is 0.242 e. The first-order valence-corrected chi connectivity index (χ1v) is 10.5. The molecule has 5 nitrogen and oxygen atoms in total. The highest BCUT2D eigenvalue weighted by Crippen LogP contribution is 2.33. The molecule has 1 saturated heterocycles. The number of hydrogen-bond donors (Lipinski definition) is 1. The molecule has 0 atom stereocenters. The summed E-state index contributed by atoms with van der Waals surface area (Å²) in [6.07, 6.45) is 7.46. The molecule has 1 aromatic rings. The van der Waals surface area contributed by atoms with Crippen LogP contribution in [0, 0.1) is 5.92 Å². The lowest BCUT2D eigenvalue weighted by molar-refractivity contribution is -0.144. The SMILES string of the molecule is Cl.NC1(C(=O)N2CCC(C(=O)N(Cc3ccccc3)C3CC3)CC2)CCCC1. The van der Waals surface area contributed by atoms with Crippen LogP contribution in [-0.2, 0) is 16.1 Å². The van der Waals surface area contributed by atoms with Gasteiger partial charge in [0, 0.05) is 31.6 Å². The zero-order valence-corrected chi connectivity index (χ0v) is 17.3. The molecule has 0 radical (unpaired) electrons. The number of halogens is 1. The van der Waals surface area contributed by atoms with E-state index in [1.54, 1.807) is 0 Å². The third-order valence-corrected chi connectivity index (χ3v) is 6.52. The molecule has 0 spiro atoms. The third-order valence-electron chi connectivity index (χ3n) is 6.52. The lowest BCUT2D eigenvalue weighted by Crippen LogP contribution is -2.56. The van der Waals surface area contributed by atoms with Crippen molar-refractivity contribution in [3.05, 3.63) is 35.9 Å². The molecule has 1 heterocycles. The van der Waals surface area contributed by atoms with Crippen LogP contribution in [0.5, 0.6) is 0 Å². The van der Waals surface area contributed by atoms with E-state index >= 15 is 0 Å². The quantitative estimate of drug-likeness (QED) is 0.818. The monoisotopic (exact) mass is 405 g/mol. The van der Waals surface area contributed by atoms with Crippen LogP contribution < -0.4 is 5.73 Å². The summed E-state index contributed by atoms with van der Waals surface area (Å²) in [5.41, 5.74) is 6.89. The van der Waals surface area contributed by atoms with Gasteiger partial charge in [-0.1, -0.05) is 43.2 Å². The zero-order valence-electron chi connectivity index (χ0n) is 16.5. The van der Waals surface area contributed by atoms with E-state index in [-0.39, 0.29) is 30.1 Å². The number of rotatable bonds is 5. The molecule has 1 aromatic carbocycles. The van der Waals surface area contributed by atoms with Gasteiger partial charge in [0.1, 0.15) is 0 Å². The van der Waals surface area contributed by atoms with Gasteiger partial charge in [-0.25, -0.2) is 0 Å². The van der Waals surface area contributed by atoms with Crippen molar-refractivity contribution in [3.8, 4) is 0 Å². The number of nitrogens with zero attached hydrogens (tertiary/aromatic N) is 2. The van der Waals surface area contributed by atoms with Crippen LogP contribution in [0.4, 0.5) is 0 Å². The minimum absolute atomic E-state index is 0. The zero-order chi connectivity index (χ0) is 18.9. The van der Waals surface area contributed by atoms with E-state index in [2.05, 4.69) is 17.0 Å². The molecule has 3 fully saturated rings. The number of piperidine rings is 1. The van der Waals surface area contributed by atoms with Crippen LogP contribution in [0.2, 0.25) is 0 Å². The summed E-state index contributed by atoms with van der Waals surface area (Å²) in [6.45, 7) is 2.03. The van der Waals surface area contributed by atoms with Gasteiger partial charge in [0.15, 0.2) is 0 Å². The predicted molar refractivity (Wildman–Crippen MR) is 112 cm³/mol. The van der Waals surface area contributed by atoms with E-state index in [0.29, 0.717) is 25.7 Å². The van der Waals surface area contributed by atoms with Gasteiger partial charge in [-0.3, -0.25) is 9.59 Å². The Balaban J connectivity index is 0.00000225. The smallest absolute Gasteiger partial charge is 0.242 e. The van der Waals surface area contributed by atoms with Crippen molar-refractivity contribution in [1.29, 1.82) is 0 Å². The average molecular weight is 406 g/mol. The molecular formula is C22H32ClN3O2. The summed E-state index contributed by atoms with van der Waals surface area (Å²) in [7, 11) is 0. The summed E-state index contributed by atoms with van der Waals surface area (Å²) in [6, 6.07) is 10.6. The van der Waals surface area contributed by atoms with Crippen molar-refractivity contribution in [2.75, 3.05) is 13.1 Å². The molecule has 0 unspecified atom stereocenters. The summed E-state index contributed by atoms with van der Waals surface area (Å²) >= 11 is 0. The average Bonchev–Trinajstić information content (AvgIpc) is 3.46. The van der Waals surface area contributed by atoms with Gasteiger partial charge in [0.2, 0.25) is 11.8 Å². The third kappa shape index (κ3) is 4.52. The molecule has 1 aliphatic heterocycles. The first-order valence-electron chi connectivity index (χ1n) is 10.5. The van der Waals surface area contributed by atoms with Crippen molar-refractivity contribution >= 4 is 24.2 Å². The van der Waals surface area contributed by atoms with E-state index in [9.17, 15) is 9.59 Å². The number of carbonyl (C=O) groups is 2. The van der Waals surface area contributed by atoms with Crippen molar-refractivity contribution in [2.24, 2.45) is 11.7 Å². The van der Waals surface area contributed by atoms with Gasteiger partial charge in [-0.2, -0.15) is 0 Å². The van der Waals surface area contributed by atoms with Crippen LogP contribution in [-0.4, -0.2) is 46.3 Å². The van der Waals surface area contributed by atoms with Gasteiger partial charge in [0.05, 0.1) is 5.54 Å². The Hall–Kier alpha value is -1.59. The standard InChI is InChI=1S/C22H31N3O2.ClH/c23-22(12-4-5-13-22)21(27)24-14-10-18(11-15-24)20(26)25(19-8-9-19)16-17-6-2-1-3-7-17;/h1-3,6-7,18-19H,4-5,8-16,23H2;1H. The van der Waals surface area contributed by atoms with E-state index in [1.165, 1.54) is 5.56 Å². The Morgan fingerprint density at radius 2 is 1.64 bits per heavy atom. The lowest BCUT2D eigenvalue weighted by atomic mass is 9.91. The summed E-state index contributed by atoms with van der Waals surface area (Å²) in [5.74, 6) is 0.418. The van der Waals surface area contributed by atoms with Gasteiger partial charge in [-0.05, 0) is 44.1 Å². The van der Waals surface area contributed by atoms with E-state index < -0.39 is 5.54 Å². The fourth-order valence-electron chi connectivity index (χ4n) is 4.65. The Bertz CT molecular complexity index is 678. The molecular weight excluding hydrogens is 374 g/mol. The molecule has 28 heavy (non-hydrogen) atoms. The summed E-state index contributed by atoms with van der Waals surface area (Å²) in [5, 5.41) is 0. The number of benzene rings is 1. The van der Waals surface area contributed by atoms with Crippen LogP contribution in [0.15, 0.2) is 30.3 Å². The van der Waals surface area contributed by atoms with Crippen molar-refractivity contribution in [2.45, 2.75) is 69.5 Å². The van der Waals surface area contributed by atoms with Crippen LogP contribution in [0.25, 0.3) is 0 Å². The van der Waals surface area contributed by atoms with Crippen LogP contribution >= 0.6 is 12.4 Å². The predicted octanol–water partition coefficient (Wildman–Crippen LogP) is 3.11. The molecule has 0 bridgehead atoms. The first kappa shape index (κ1) is 21.1. The molecule has 2 aliphatic carbocycles. The summed E-state index contributed by atoms with van der Waals surface area (Å²) < 4.78 is 0. The van der Waals surface area contributed by atoms with Gasteiger partial charge >= 0.3 is 0 Å². The molecule has 154 valence electrons. The Labute approximate surface area is 174 Å². The molecule has 2 saturated carbocycles. The van der Waals surface area contributed by atoms with E-state index in [4.69, 9.17) is 5.73 Å². The normalized spacial score (nSPS) is 21.8. The Kier molecular flexibility index (Phi) is 6.66. The highest BCUT2D eigenvalue weighted by molar-refractivity contribution is 5.87. The number of amides is 2. The highest BCUT2D eigenvalue weighted by atomic mass is 35.5. The van der Waals surface area contributed by atoms with Crippen molar-refractivity contribution < 1.29 is 9.59 Å². The molecule has 2 amide bonds. The second kappa shape index (κ2) is 8.83. The van der Waals surface area contributed by atoms with Gasteiger partial charge in [-0.15, -0.1) is 12.4 Å². The Morgan fingerprint density at radius 1 is 1.04 bits per heavy atom. The topological polar surface area (TPSA) is 66.6 Å². The van der Waals surface area contributed by atoms with Gasteiger partial charge in [0.25, 0.3) is 0 Å². The fourth-order valence-corrected chi connectivity index (χ4v) is 4.65. The fraction of sp³-hybridized carbons (Fsp3) is 0.636. The molecule has 3 aliphatic rings. The number of hydrogen-bond acceptors (Lipinski definition) is 3. The lowest BCUT2D eigenvalue weighted by Gasteiger charge is -2.37. The summed E-state index contributed by atoms with van der Waals surface area (Å²) in [4.78, 5) is 30.0. The van der Waals surface area contributed by atoms with Gasteiger partial charge < -0.3 is 15.5 Å². The highest BCUT2D eigenvalue weighted by Gasteiger charge is 2.42. The molecule has 0 aromatic heterocycles. The van der Waals surface area contributed by atoms with E-state index in [0.717, 1.165) is 51.4 Å². The second-order valence-electron chi connectivity index (χ2n) is 8.61. The Morgan fingerprint density at radius 3 is 2.21 bits per heavy atom. The largest absolute Gasteiger partial charge is 0.341 e. The van der Waals surface area contributed by atoms with E-state index in [1.807, 2.05) is 23.1 Å². The number of likely N-dealkylation sites (tertiary alicyclic amines) is 1. The minimum atomic E-state index is -0.649. The maximum absolute atomic E-state index is 13.2. The van der Waals surface area contributed by atoms with Crippen molar-refractivity contribution in [3.63, 3.8) is 0 Å². The maximum atomic E-state index is 13.2. The second-order valence-corrected chi connectivity index (χ2v) is 8.61. The van der Waals surface area contributed by atoms with Crippen molar-refractivity contribution in [1.82, 2.24) is 9.80 Å². The van der Waals surface area contributed by atoms with Crippen LogP contribution in [0.3, 0.4) is 0 Å². The molecule has 6 heteroatoms. The van der Waals surface area contributed by atoms with Crippen LogP contribution in [0.1, 0.15) is 56.9 Å². The minimum Gasteiger partial charge on any atom is -0.341 e. The molecule has 2 N–H and O–H groups in total. The first-order chi connectivity index (χ1) is 13.1. The number of carbonyl (C=O) groups excluding carboxylic acids is 2. The number of nitrogens with two attached hydrogens (primary N) is 1. The molecule has 4 rings (SSSR count).